The molecule has 33 heavy (non-hydrogen) atoms. The van der Waals surface area contributed by atoms with Gasteiger partial charge < -0.3 is 0 Å². The van der Waals surface area contributed by atoms with Crippen LogP contribution in [0.4, 0.5) is 0 Å². The summed E-state index contributed by atoms with van der Waals surface area (Å²) in [4.78, 5) is 0. The molecule has 0 spiro atoms. The topological polar surface area (TPSA) is 0 Å². The van der Waals surface area contributed by atoms with Gasteiger partial charge in [0.05, 0.1) is 0 Å². The molecule has 0 amide bonds. The van der Waals surface area contributed by atoms with Crippen molar-refractivity contribution in [2.45, 2.75) is 15.4 Å². The molecule has 0 saturated heterocycles. The summed E-state index contributed by atoms with van der Waals surface area (Å²) >= 11 is -4.06. The van der Waals surface area contributed by atoms with Crippen LogP contribution >= 0.6 is 0 Å². The monoisotopic (exact) mass is 460 g/mol. The van der Waals surface area contributed by atoms with Gasteiger partial charge in [-0.25, -0.2) is 0 Å². The van der Waals surface area contributed by atoms with Crippen molar-refractivity contribution < 1.29 is 14.8 Å². The molecule has 4 aromatic carbocycles. The summed E-state index contributed by atoms with van der Waals surface area (Å²) < 4.78 is 6.40. The van der Waals surface area contributed by atoms with Crippen molar-refractivity contribution >= 4 is 24.2 Å². The molecular formula is C32H28Ti. The van der Waals surface area contributed by atoms with Crippen molar-refractivity contribution in [2.24, 2.45) is 0 Å². The molecular weight excluding hydrogens is 432 g/mol. The van der Waals surface area contributed by atoms with Crippen LogP contribution in [0.2, 0.25) is 0 Å². The van der Waals surface area contributed by atoms with Gasteiger partial charge in [-0.15, -0.1) is 0 Å². The first-order valence-electron chi connectivity index (χ1n) is 11.9. The summed E-state index contributed by atoms with van der Waals surface area (Å²) in [5.41, 5.74) is 5.67. The Kier molecular flexibility index (Phi) is 4.84. The van der Waals surface area contributed by atoms with E-state index in [-0.39, 0.29) is 0 Å². The van der Waals surface area contributed by atoms with E-state index < -0.39 is 14.8 Å². The van der Waals surface area contributed by atoms with Crippen LogP contribution in [-0.4, -0.2) is 4.31 Å². The SMILES string of the molecule is C[CH]=[Ti]([c]1ccccc1)([c]1ccccc1)([CH]1C=Cc2ccccc21)[CH]1C=Cc2ccccc21. The summed E-state index contributed by atoms with van der Waals surface area (Å²) in [5, 5.41) is 0. The van der Waals surface area contributed by atoms with Crippen molar-refractivity contribution in [3.63, 3.8) is 0 Å². The maximum atomic E-state index is 2.69. The van der Waals surface area contributed by atoms with Gasteiger partial charge in [0, 0.05) is 0 Å². The summed E-state index contributed by atoms with van der Waals surface area (Å²) in [6.07, 6.45) is 9.78. The Hall–Kier alpha value is -3.06. The van der Waals surface area contributed by atoms with Crippen LogP contribution in [0.3, 0.4) is 0 Å². The Balaban J connectivity index is 1.83. The molecule has 0 nitrogen and oxygen atoms in total. The third-order valence-electron chi connectivity index (χ3n) is 8.40. The third-order valence-corrected chi connectivity index (χ3v) is 21.2. The molecule has 2 aliphatic carbocycles. The van der Waals surface area contributed by atoms with Crippen LogP contribution in [0, 0.1) is 0 Å². The Morgan fingerprint density at radius 1 is 0.515 bits per heavy atom. The normalized spacial score (nSPS) is 18.7. The molecule has 0 bridgehead atoms. The predicted molar refractivity (Wildman–Crippen MR) is 140 cm³/mol. The number of rotatable bonds is 4. The van der Waals surface area contributed by atoms with Gasteiger partial charge in [-0.2, -0.15) is 0 Å². The van der Waals surface area contributed by atoms with Crippen LogP contribution in [0.5, 0.6) is 0 Å². The summed E-state index contributed by atoms with van der Waals surface area (Å²) in [6.45, 7) is 2.35. The zero-order valence-corrected chi connectivity index (χ0v) is 20.5. The molecule has 160 valence electrons. The minimum atomic E-state index is -4.06. The first-order chi connectivity index (χ1) is 16.3. The second-order valence-corrected chi connectivity index (χ2v) is 18.7. The van der Waals surface area contributed by atoms with Crippen molar-refractivity contribution in [1.29, 1.82) is 0 Å². The average Bonchev–Trinajstić information content (AvgIpc) is 3.53. The number of benzene rings is 4. The van der Waals surface area contributed by atoms with Crippen LogP contribution in [0.1, 0.15) is 37.6 Å². The van der Waals surface area contributed by atoms with Crippen molar-refractivity contribution in [1.82, 2.24) is 0 Å². The standard InChI is InChI=1S/2C9H7.2C6H5.C2H4.Ti/c2*1-2-5-9-7-3-6-8(9)4-1;2*1-2-4-6-5-3-1;1-2;/h2*1-7H;2*1-5H;1H,2H3;. The molecule has 2 aliphatic rings. The van der Waals surface area contributed by atoms with Crippen LogP contribution in [0.15, 0.2) is 121 Å². The average molecular weight is 460 g/mol. The van der Waals surface area contributed by atoms with E-state index in [2.05, 4.69) is 145 Å². The minimum absolute atomic E-state index is 0.341. The number of allylic oxidation sites excluding steroid dienone is 2. The van der Waals surface area contributed by atoms with Gasteiger partial charge in [0.1, 0.15) is 0 Å². The zero-order chi connectivity index (χ0) is 22.3. The van der Waals surface area contributed by atoms with E-state index >= 15 is 0 Å². The molecule has 0 aromatic heterocycles. The molecule has 0 saturated carbocycles. The van der Waals surface area contributed by atoms with Gasteiger partial charge in [-0.3, -0.25) is 0 Å². The predicted octanol–water partition coefficient (Wildman–Crippen LogP) is 6.69. The van der Waals surface area contributed by atoms with E-state index in [1.54, 1.807) is 0 Å². The zero-order valence-electron chi connectivity index (χ0n) is 18.9. The van der Waals surface area contributed by atoms with E-state index in [1.807, 2.05) is 0 Å². The van der Waals surface area contributed by atoms with Crippen LogP contribution in [-0.2, 0) is 14.8 Å². The van der Waals surface area contributed by atoms with E-state index in [0.717, 1.165) is 0 Å². The molecule has 4 aromatic rings. The van der Waals surface area contributed by atoms with E-state index in [0.29, 0.717) is 8.45 Å². The van der Waals surface area contributed by atoms with Gasteiger partial charge in [0.2, 0.25) is 0 Å². The summed E-state index contributed by atoms with van der Waals surface area (Å²) in [5.74, 6) is 0. The fourth-order valence-corrected chi connectivity index (χ4v) is 19.9. The van der Waals surface area contributed by atoms with Gasteiger partial charge in [-0.05, 0) is 0 Å². The summed E-state index contributed by atoms with van der Waals surface area (Å²) in [7, 11) is 0. The summed E-state index contributed by atoms with van der Waals surface area (Å²) in [6, 6.07) is 40.9. The molecule has 2 atom stereocenters. The quantitative estimate of drug-likeness (QED) is 0.298. The van der Waals surface area contributed by atoms with Crippen molar-refractivity contribution in [3.8, 4) is 0 Å². The molecule has 0 N–H and O–H groups in total. The van der Waals surface area contributed by atoms with Gasteiger partial charge in [0.25, 0.3) is 0 Å². The third kappa shape index (κ3) is 2.66. The van der Waals surface area contributed by atoms with Gasteiger partial charge in [0.15, 0.2) is 0 Å². The maximum absolute atomic E-state index is 4.06. The fraction of sp³-hybridized carbons (Fsp3) is 0.0938. The Labute approximate surface area is 197 Å². The van der Waals surface area contributed by atoms with E-state index in [1.165, 1.54) is 30.0 Å². The molecule has 1 heteroatoms. The first-order valence-corrected chi connectivity index (χ1v) is 16.2. The number of hydrogen-bond acceptors (Lipinski definition) is 0. The van der Waals surface area contributed by atoms with Crippen LogP contribution in [0.25, 0.3) is 12.2 Å². The molecule has 0 heterocycles. The Bertz CT molecular complexity index is 1340. The number of hydrogen-bond donors (Lipinski definition) is 0. The first kappa shape index (κ1) is 20.5. The van der Waals surface area contributed by atoms with Crippen LogP contribution < -0.4 is 7.74 Å². The van der Waals surface area contributed by atoms with Crippen molar-refractivity contribution in [2.75, 3.05) is 0 Å². The Morgan fingerprint density at radius 2 is 0.909 bits per heavy atom. The molecule has 0 aliphatic heterocycles. The molecule has 2 unspecified atom stereocenters. The second kappa shape index (κ2) is 7.77. The number of fused-ring (bicyclic) bond motifs is 2. The molecule has 0 radical (unpaired) electrons. The Morgan fingerprint density at radius 3 is 1.33 bits per heavy atom. The second-order valence-electron chi connectivity index (χ2n) is 9.44. The van der Waals surface area contributed by atoms with Gasteiger partial charge in [-0.1, -0.05) is 0 Å². The van der Waals surface area contributed by atoms with E-state index in [4.69, 9.17) is 0 Å². The molecule has 6 rings (SSSR count). The van der Waals surface area contributed by atoms with Crippen molar-refractivity contribution in [3.05, 3.63) is 144 Å². The molecule has 0 fully saturated rings. The van der Waals surface area contributed by atoms with Gasteiger partial charge >= 0.3 is 198 Å². The fourth-order valence-electron chi connectivity index (χ4n) is 6.97. The van der Waals surface area contributed by atoms with E-state index in [9.17, 15) is 0 Å².